The topological polar surface area (TPSA) is 97.0 Å². The van der Waals surface area contributed by atoms with E-state index < -0.39 is 5.97 Å². The minimum Gasteiger partial charge on any atom is -0.481 e. The predicted molar refractivity (Wildman–Crippen MR) is 57.4 cm³/mol. The van der Waals surface area contributed by atoms with E-state index in [1.54, 1.807) is 11.7 Å². The summed E-state index contributed by atoms with van der Waals surface area (Å²) in [5.41, 5.74) is 1.26. The Balaban J connectivity index is 1.94. The first-order chi connectivity index (χ1) is 8.16. The summed E-state index contributed by atoms with van der Waals surface area (Å²) in [5, 5.41) is 16.7. The number of aliphatic carboxylic acids is 1. The van der Waals surface area contributed by atoms with Crippen LogP contribution in [-0.2, 0) is 11.8 Å². The average molecular weight is 234 g/mol. The van der Waals surface area contributed by atoms with Crippen molar-refractivity contribution in [2.45, 2.75) is 0 Å². The van der Waals surface area contributed by atoms with Crippen molar-refractivity contribution in [2.24, 2.45) is 13.0 Å². The van der Waals surface area contributed by atoms with Crippen molar-refractivity contribution in [3.63, 3.8) is 0 Å². The van der Waals surface area contributed by atoms with E-state index in [2.05, 4.69) is 20.3 Å². The number of aryl methyl sites for hydroxylation is 1. The van der Waals surface area contributed by atoms with E-state index in [4.69, 9.17) is 5.11 Å². The van der Waals surface area contributed by atoms with E-state index in [0.717, 1.165) is 0 Å². The minimum absolute atomic E-state index is 0.323. The van der Waals surface area contributed by atoms with Crippen molar-refractivity contribution in [1.82, 2.24) is 25.0 Å². The maximum absolute atomic E-state index is 10.7. The fraction of sp³-hybridized carbons (Fsp3) is 0.444. The van der Waals surface area contributed by atoms with Gasteiger partial charge in [-0.05, 0) is 0 Å². The number of anilines is 1. The predicted octanol–water partition coefficient (Wildman–Crippen LogP) is -0.721. The molecule has 1 saturated heterocycles. The highest BCUT2D eigenvalue weighted by atomic mass is 16.4. The smallest absolute Gasteiger partial charge is 0.310 e. The fourth-order valence-electron chi connectivity index (χ4n) is 1.88. The molecule has 0 aromatic carbocycles. The van der Waals surface area contributed by atoms with E-state index in [1.165, 1.54) is 6.33 Å². The van der Waals surface area contributed by atoms with Gasteiger partial charge in [0.05, 0.1) is 5.92 Å². The van der Waals surface area contributed by atoms with Gasteiger partial charge in [0, 0.05) is 20.1 Å². The van der Waals surface area contributed by atoms with Crippen LogP contribution in [-0.4, -0.2) is 49.1 Å². The maximum atomic E-state index is 10.7. The molecule has 17 heavy (non-hydrogen) atoms. The summed E-state index contributed by atoms with van der Waals surface area (Å²) in [5.74, 6) is -0.442. The first-order valence-corrected chi connectivity index (χ1v) is 5.15. The molecule has 0 bridgehead atoms. The molecule has 3 heterocycles. The summed E-state index contributed by atoms with van der Waals surface area (Å²) in [6, 6.07) is 0. The van der Waals surface area contributed by atoms with Crippen LogP contribution in [0.25, 0.3) is 11.2 Å². The molecule has 2 aromatic rings. The van der Waals surface area contributed by atoms with E-state index in [9.17, 15) is 4.79 Å². The molecule has 2 aromatic heterocycles. The van der Waals surface area contributed by atoms with Crippen molar-refractivity contribution < 1.29 is 9.90 Å². The number of carboxylic acids is 1. The van der Waals surface area contributed by atoms with Gasteiger partial charge in [-0.2, -0.15) is 0 Å². The number of carboxylic acid groups (broad SMARTS) is 1. The monoisotopic (exact) mass is 234 g/mol. The normalized spacial score (nSPS) is 16.2. The van der Waals surface area contributed by atoms with Gasteiger partial charge in [-0.25, -0.2) is 14.6 Å². The molecule has 0 saturated carbocycles. The Morgan fingerprint density at radius 2 is 2.24 bits per heavy atom. The van der Waals surface area contributed by atoms with E-state index in [-0.39, 0.29) is 5.92 Å². The highest BCUT2D eigenvalue weighted by molar-refractivity contribution is 5.84. The summed E-state index contributed by atoms with van der Waals surface area (Å²) < 4.78 is 1.56. The Labute approximate surface area is 95.9 Å². The van der Waals surface area contributed by atoms with Gasteiger partial charge >= 0.3 is 5.97 Å². The summed E-state index contributed by atoms with van der Waals surface area (Å²) >= 11 is 0. The van der Waals surface area contributed by atoms with Crippen LogP contribution in [0.3, 0.4) is 0 Å². The molecule has 0 atom stereocenters. The van der Waals surface area contributed by atoms with E-state index >= 15 is 0 Å². The zero-order valence-electron chi connectivity index (χ0n) is 9.11. The zero-order chi connectivity index (χ0) is 12.0. The summed E-state index contributed by atoms with van der Waals surface area (Å²) in [6.07, 6.45) is 1.44. The standard InChI is InChI=1S/C9H10N6O2/c1-14-7-6(12-13-14)8(11-4-10-7)15-2-5(3-15)9(16)17/h4-5H,2-3H2,1H3,(H,16,17). The highest BCUT2D eigenvalue weighted by Crippen LogP contribution is 2.27. The van der Waals surface area contributed by atoms with Crippen LogP contribution >= 0.6 is 0 Å². The second-order valence-electron chi connectivity index (χ2n) is 4.02. The third-order valence-corrected chi connectivity index (χ3v) is 2.90. The lowest BCUT2D eigenvalue weighted by atomic mass is 10.0. The van der Waals surface area contributed by atoms with Crippen LogP contribution in [0.4, 0.5) is 5.82 Å². The third-order valence-electron chi connectivity index (χ3n) is 2.90. The molecule has 8 nitrogen and oxygen atoms in total. The van der Waals surface area contributed by atoms with Gasteiger partial charge in [0.15, 0.2) is 17.0 Å². The highest BCUT2D eigenvalue weighted by Gasteiger charge is 2.34. The van der Waals surface area contributed by atoms with Gasteiger partial charge in [0.2, 0.25) is 0 Å². The number of aromatic nitrogens is 5. The van der Waals surface area contributed by atoms with Gasteiger partial charge in [-0.1, -0.05) is 5.21 Å². The Kier molecular flexibility index (Phi) is 1.97. The van der Waals surface area contributed by atoms with Crippen LogP contribution in [0.15, 0.2) is 6.33 Å². The molecular formula is C9H10N6O2. The molecule has 1 aliphatic heterocycles. The third kappa shape index (κ3) is 1.41. The van der Waals surface area contributed by atoms with Crippen LogP contribution in [0.5, 0.6) is 0 Å². The van der Waals surface area contributed by atoms with Crippen LogP contribution in [0.2, 0.25) is 0 Å². The molecule has 0 amide bonds. The molecule has 0 spiro atoms. The van der Waals surface area contributed by atoms with Crippen LogP contribution < -0.4 is 4.90 Å². The molecule has 1 N–H and O–H groups in total. The van der Waals surface area contributed by atoms with Crippen LogP contribution in [0.1, 0.15) is 0 Å². The van der Waals surface area contributed by atoms with Gasteiger partial charge in [-0.3, -0.25) is 4.79 Å². The van der Waals surface area contributed by atoms with Crippen molar-refractivity contribution in [3.05, 3.63) is 6.33 Å². The number of hydrogen-bond donors (Lipinski definition) is 1. The number of nitrogens with zero attached hydrogens (tertiary/aromatic N) is 6. The van der Waals surface area contributed by atoms with Gasteiger partial charge in [0.1, 0.15) is 6.33 Å². The lowest BCUT2D eigenvalue weighted by Crippen LogP contribution is -2.50. The van der Waals surface area contributed by atoms with Gasteiger partial charge in [-0.15, -0.1) is 5.10 Å². The second-order valence-corrected chi connectivity index (χ2v) is 4.02. The Bertz CT molecular complexity index is 588. The second kappa shape index (κ2) is 3.37. The molecule has 3 rings (SSSR count). The summed E-state index contributed by atoms with van der Waals surface area (Å²) in [6.45, 7) is 0.913. The lowest BCUT2D eigenvalue weighted by Gasteiger charge is -2.37. The Morgan fingerprint density at radius 1 is 1.47 bits per heavy atom. The molecular weight excluding hydrogens is 224 g/mol. The molecule has 8 heteroatoms. The van der Waals surface area contributed by atoms with Crippen molar-refractivity contribution in [3.8, 4) is 0 Å². The van der Waals surface area contributed by atoms with Crippen molar-refractivity contribution in [1.29, 1.82) is 0 Å². The van der Waals surface area contributed by atoms with Crippen molar-refractivity contribution >= 4 is 23.0 Å². The summed E-state index contributed by atoms with van der Waals surface area (Å²) in [4.78, 5) is 20.8. The molecule has 0 unspecified atom stereocenters. The van der Waals surface area contributed by atoms with Gasteiger partial charge in [0.25, 0.3) is 0 Å². The Hall–Kier alpha value is -2.25. The zero-order valence-corrected chi connectivity index (χ0v) is 9.11. The molecule has 0 aliphatic carbocycles. The minimum atomic E-state index is -0.773. The first-order valence-electron chi connectivity index (χ1n) is 5.15. The molecule has 88 valence electrons. The number of hydrogen-bond acceptors (Lipinski definition) is 6. The van der Waals surface area contributed by atoms with E-state index in [0.29, 0.717) is 30.1 Å². The number of rotatable bonds is 2. The van der Waals surface area contributed by atoms with E-state index in [1.807, 2.05) is 4.90 Å². The largest absolute Gasteiger partial charge is 0.481 e. The molecule has 1 fully saturated rings. The van der Waals surface area contributed by atoms with Crippen LogP contribution in [0, 0.1) is 5.92 Å². The Morgan fingerprint density at radius 3 is 2.94 bits per heavy atom. The SMILES string of the molecule is Cn1nnc2c(N3CC(C(=O)O)C3)ncnc21. The number of fused-ring (bicyclic) bond motifs is 1. The molecule has 1 aliphatic rings. The fourth-order valence-corrected chi connectivity index (χ4v) is 1.88. The summed E-state index contributed by atoms with van der Waals surface area (Å²) in [7, 11) is 1.75. The maximum Gasteiger partial charge on any atom is 0.310 e. The number of carbonyl (C=O) groups is 1. The van der Waals surface area contributed by atoms with Gasteiger partial charge < -0.3 is 10.0 Å². The quantitative estimate of drug-likeness (QED) is 0.732. The first kappa shape index (κ1) is 9.94. The lowest BCUT2D eigenvalue weighted by molar-refractivity contribution is -0.142. The molecule has 0 radical (unpaired) electrons. The van der Waals surface area contributed by atoms with Crippen molar-refractivity contribution in [2.75, 3.05) is 18.0 Å². The average Bonchev–Trinajstić information content (AvgIpc) is 2.59.